The lowest BCUT2D eigenvalue weighted by Gasteiger charge is -2.07. The number of hydrogen-bond acceptors (Lipinski definition) is 5. The van der Waals surface area contributed by atoms with Gasteiger partial charge in [0.15, 0.2) is 0 Å². The maximum absolute atomic E-state index is 11.5. The molecule has 0 fully saturated rings. The summed E-state index contributed by atoms with van der Waals surface area (Å²) in [6.07, 6.45) is 11.6. The Kier molecular flexibility index (Phi) is 16.5. The van der Waals surface area contributed by atoms with Crippen molar-refractivity contribution in [3.05, 3.63) is 12.2 Å². The van der Waals surface area contributed by atoms with Crippen molar-refractivity contribution in [1.29, 1.82) is 0 Å². The first-order chi connectivity index (χ1) is 12.1. The molecule has 5 nitrogen and oxygen atoms in total. The van der Waals surface area contributed by atoms with Gasteiger partial charge < -0.3 is 14.2 Å². The van der Waals surface area contributed by atoms with Crippen LogP contribution in [0, 0.1) is 0 Å². The molecule has 0 atom stereocenters. The van der Waals surface area contributed by atoms with Crippen LogP contribution in [0.5, 0.6) is 0 Å². The van der Waals surface area contributed by atoms with Gasteiger partial charge >= 0.3 is 11.9 Å². The third kappa shape index (κ3) is 17.3. The van der Waals surface area contributed by atoms with Crippen molar-refractivity contribution in [2.45, 2.75) is 78.1 Å². The van der Waals surface area contributed by atoms with E-state index in [1.54, 1.807) is 6.92 Å². The lowest BCUT2D eigenvalue weighted by atomic mass is 10.1. The van der Waals surface area contributed by atoms with Crippen LogP contribution >= 0.6 is 0 Å². The van der Waals surface area contributed by atoms with Gasteiger partial charge in [0.1, 0.15) is 13.2 Å². The van der Waals surface area contributed by atoms with Gasteiger partial charge in [-0.25, -0.2) is 4.79 Å². The van der Waals surface area contributed by atoms with E-state index in [0.29, 0.717) is 18.6 Å². The fourth-order valence-corrected chi connectivity index (χ4v) is 2.29. The molecule has 0 N–H and O–H groups in total. The average Bonchev–Trinajstić information content (AvgIpc) is 2.59. The Morgan fingerprint density at radius 3 is 1.84 bits per heavy atom. The zero-order chi connectivity index (χ0) is 18.8. The molecule has 0 saturated heterocycles. The van der Waals surface area contributed by atoms with Gasteiger partial charge in [-0.1, -0.05) is 64.9 Å². The molecule has 25 heavy (non-hydrogen) atoms. The number of carbonyl (C=O) groups is 2. The SMILES string of the molecule is C=C(C)C(=O)OCCOCCOC(=O)CCCCCCCCCCC. The van der Waals surface area contributed by atoms with Gasteiger partial charge in [-0.15, -0.1) is 0 Å². The molecule has 0 aromatic heterocycles. The zero-order valence-electron chi connectivity index (χ0n) is 16.1. The summed E-state index contributed by atoms with van der Waals surface area (Å²) < 4.78 is 15.2. The molecular formula is C20H36O5. The highest BCUT2D eigenvalue weighted by molar-refractivity contribution is 5.86. The fraction of sp³-hybridized carbons (Fsp3) is 0.800. The van der Waals surface area contributed by atoms with E-state index in [2.05, 4.69) is 13.5 Å². The summed E-state index contributed by atoms with van der Waals surface area (Å²) in [5, 5.41) is 0. The third-order valence-electron chi connectivity index (χ3n) is 3.78. The molecule has 0 rings (SSSR count). The second-order valence-electron chi connectivity index (χ2n) is 6.33. The quantitative estimate of drug-likeness (QED) is 0.217. The highest BCUT2D eigenvalue weighted by atomic mass is 16.6. The molecule has 0 spiro atoms. The highest BCUT2D eigenvalue weighted by Crippen LogP contribution is 2.10. The predicted molar refractivity (Wildman–Crippen MR) is 99.4 cm³/mol. The van der Waals surface area contributed by atoms with Crippen LogP contribution in [0.15, 0.2) is 12.2 Å². The number of hydrogen-bond donors (Lipinski definition) is 0. The molecule has 0 aliphatic carbocycles. The Hall–Kier alpha value is -1.36. The molecule has 0 saturated carbocycles. The van der Waals surface area contributed by atoms with Crippen molar-refractivity contribution in [2.24, 2.45) is 0 Å². The Labute approximate surface area is 153 Å². The van der Waals surface area contributed by atoms with Crippen LogP contribution in [0.4, 0.5) is 0 Å². The van der Waals surface area contributed by atoms with Crippen LogP contribution in [0.25, 0.3) is 0 Å². The van der Waals surface area contributed by atoms with Crippen LogP contribution in [0.3, 0.4) is 0 Å². The molecular weight excluding hydrogens is 320 g/mol. The van der Waals surface area contributed by atoms with E-state index in [1.165, 1.54) is 44.9 Å². The minimum absolute atomic E-state index is 0.166. The topological polar surface area (TPSA) is 61.8 Å². The summed E-state index contributed by atoms with van der Waals surface area (Å²) in [4.78, 5) is 22.6. The van der Waals surface area contributed by atoms with Gasteiger partial charge in [-0.3, -0.25) is 4.79 Å². The Bertz CT molecular complexity index is 365. The maximum Gasteiger partial charge on any atom is 0.333 e. The summed E-state index contributed by atoms with van der Waals surface area (Å²) in [7, 11) is 0. The van der Waals surface area contributed by atoms with E-state index in [4.69, 9.17) is 14.2 Å². The Morgan fingerprint density at radius 1 is 0.760 bits per heavy atom. The van der Waals surface area contributed by atoms with Crippen molar-refractivity contribution in [3.63, 3.8) is 0 Å². The van der Waals surface area contributed by atoms with Crippen molar-refractivity contribution < 1.29 is 23.8 Å². The molecule has 0 radical (unpaired) electrons. The standard InChI is InChI=1S/C20H36O5/c1-4-5-6-7-8-9-10-11-12-13-19(21)24-16-14-23-15-17-25-20(22)18(2)3/h2,4-17H2,1,3H3. The van der Waals surface area contributed by atoms with Crippen molar-refractivity contribution in [3.8, 4) is 0 Å². The van der Waals surface area contributed by atoms with E-state index in [1.807, 2.05) is 0 Å². The molecule has 0 amide bonds. The maximum atomic E-state index is 11.5. The molecule has 0 heterocycles. The first-order valence-electron chi connectivity index (χ1n) is 9.64. The summed E-state index contributed by atoms with van der Waals surface area (Å²) in [5.74, 6) is -0.587. The largest absolute Gasteiger partial charge is 0.463 e. The van der Waals surface area contributed by atoms with Gasteiger partial charge in [0, 0.05) is 12.0 Å². The molecule has 0 aromatic rings. The monoisotopic (exact) mass is 356 g/mol. The van der Waals surface area contributed by atoms with Gasteiger partial charge in [0.25, 0.3) is 0 Å². The Morgan fingerprint density at radius 2 is 1.28 bits per heavy atom. The minimum atomic E-state index is -0.420. The van der Waals surface area contributed by atoms with E-state index in [0.717, 1.165) is 12.8 Å². The molecule has 146 valence electrons. The summed E-state index contributed by atoms with van der Waals surface area (Å²) in [6.45, 7) is 8.33. The third-order valence-corrected chi connectivity index (χ3v) is 3.78. The van der Waals surface area contributed by atoms with E-state index >= 15 is 0 Å². The van der Waals surface area contributed by atoms with Crippen molar-refractivity contribution in [2.75, 3.05) is 26.4 Å². The molecule has 0 aliphatic rings. The lowest BCUT2D eigenvalue weighted by Crippen LogP contribution is -2.14. The fourth-order valence-electron chi connectivity index (χ4n) is 2.29. The number of rotatable bonds is 17. The molecule has 5 heteroatoms. The van der Waals surface area contributed by atoms with Crippen LogP contribution in [0.1, 0.15) is 78.1 Å². The average molecular weight is 357 g/mol. The summed E-state index contributed by atoms with van der Waals surface area (Å²) in [6, 6.07) is 0. The van der Waals surface area contributed by atoms with Gasteiger partial charge in [-0.05, 0) is 13.3 Å². The highest BCUT2D eigenvalue weighted by Gasteiger charge is 2.04. The van der Waals surface area contributed by atoms with Gasteiger partial charge in [-0.2, -0.15) is 0 Å². The van der Waals surface area contributed by atoms with Crippen LogP contribution in [-0.4, -0.2) is 38.4 Å². The second-order valence-corrected chi connectivity index (χ2v) is 6.33. The normalized spacial score (nSPS) is 10.5. The number of carbonyl (C=O) groups excluding carboxylic acids is 2. The smallest absolute Gasteiger partial charge is 0.333 e. The number of esters is 2. The summed E-state index contributed by atoms with van der Waals surface area (Å²) in [5.41, 5.74) is 0.366. The Balaban J connectivity index is 3.26. The first-order valence-corrected chi connectivity index (χ1v) is 9.64. The molecule has 0 aromatic carbocycles. The van der Waals surface area contributed by atoms with Crippen molar-refractivity contribution in [1.82, 2.24) is 0 Å². The summed E-state index contributed by atoms with van der Waals surface area (Å²) >= 11 is 0. The van der Waals surface area contributed by atoms with E-state index in [9.17, 15) is 9.59 Å². The number of ether oxygens (including phenoxy) is 3. The predicted octanol–water partition coefficient (Wildman–Crippen LogP) is 4.59. The van der Waals surface area contributed by atoms with Crippen molar-refractivity contribution >= 4 is 11.9 Å². The molecule has 0 aliphatic heterocycles. The van der Waals surface area contributed by atoms with E-state index < -0.39 is 5.97 Å². The zero-order valence-corrected chi connectivity index (χ0v) is 16.1. The molecule has 0 bridgehead atoms. The lowest BCUT2D eigenvalue weighted by molar-refractivity contribution is -0.145. The molecule has 0 unspecified atom stereocenters. The second kappa shape index (κ2) is 17.5. The minimum Gasteiger partial charge on any atom is -0.463 e. The number of unbranched alkanes of at least 4 members (excludes halogenated alkanes) is 8. The van der Waals surface area contributed by atoms with E-state index in [-0.39, 0.29) is 25.8 Å². The van der Waals surface area contributed by atoms with Crippen LogP contribution in [-0.2, 0) is 23.8 Å². The van der Waals surface area contributed by atoms with Crippen LogP contribution in [0.2, 0.25) is 0 Å². The first kappa shape index (κ1) is 23.6. The van der Waals surface area contributed by atoms with Gasteiger partial charge in [0.2, 0.25) is 0 Å². The van der Waals surface area contributed by atoms with Gasteiger partial charge in [0.05, 0.1) is 13.2 Å². The van der Waals surface area contributed by atoms with Crippen LogP contribution < -0.4 is 0 Å².